The van der Waals surface area contributed by atoms with E-state index < -0.39 is 12.3 Å². The summed E-state index contributed by atoms with van der Waals surface area (Å²) in [6, 6.07) is -0.593. The number of rotatable bonds is 11. The molecule has 0 aliphatic carbocycles. The summed E-state index contributed by atoms with van der Waals surface area (Å²) in [6.07, 6.45) is -0.358. The van der Waals surface area contributed by atoms with E-state index in [-0.39, 0.29) is 32.3 Å². The lowest BCUT2D eigenvalue weighted by molar-refractivity contribution is -0.128. The summed E-state index contributed by atoms with van der Waals surface area (Å²) in [5.74, 6) is 0. The standard InChI is InChI=1S/C12H27NO5/c1-5-10(4)18-8-16-6-11(12(14)15)13-7-17-9(2)3/h9-15H,5-8H2,1-4H3. The Hall–Kier alpha value is -0.240. The number of aliphatic hydroxyl groups is 2. The van der Waals surface area contributed by atoms with Crippen molar-refractivity contribution in [3.8, 4) is 0 Å². The minimum atomic E-state index is -1.50. The average Bonchev–Trinajstić information content (AvgIpc) is 2.30. The summed E-state index contributed by atoms with van der Waals surface area (Å²) >= 11 is 0. The molecule has 0 spiro atoms. The van der Waals surface area contributed by atoms with Crippen molar-refractivity contribution in [2.24, 2.45) is 0 Å². The zero-order chi connectivity index (χ0) is 14.0. The highest BCUT2D eigenvalue weighted by atomic mass is 16.7. The Bertz CT molecular complexity index is 189. The summed E-state index contributed by atoms with van der Waals surface area (Å²) in [6.45, 7) is 8.33. The van der Waals surface area contributed by atoms with Gasteiger partial charge in [0.15, 0.2) is 6.29 Å². The Morgan fingerprint density at radius 3 is 2.28 bits per heavy atom. The fraction of sp³-hybridized carbons (Fsp3) is 1.00. The zero-order valence-electron chi connectivity index (χ0n) is 11.8. The molecule has 0 aliphatic heterocycles. The molecule has 0 amide bonds. The maximum atomic E-state index is 9.15. The number of hydrogen-bond donors (Lipinski definition) is 3. The second-order valence-electron chi connectivity index (χ2n) is 4.46. The van der Waals surface area contributed by atoms with Crippen molar-refractivity contribution < 1.29 is 24.4 Å². The number of nitrogens with one attached hydrogen (secondary N) is 1. The van der Waals surface area contributed by atoms with E-state index in [1.54, 1.807) is 0 Å². The van der Waals surface area contributed by atoms with Crippen molar-refractivity contribution in [3.63, 3.8) is 0 Å². The number of aliphatic hydroxyl groups excluding tert-OH is 1. The second kappa shape index (κ2) is 10.7. The van der Waals surface area contributed by atoms with Crippen LogP contribution in [0.1, 0.15) is 34.1 Å². The van der Waals surface area contributed by atoms with Crippen LogP contribution in [0.4, 0.5) is 0 Å². The third kappa shape index (κ3) is 9.76. The molecule has 2 unspecified atom stereocenters. The molecule has 18 heavy (non-hydrogen) atoms. The van der Waals surface area contributed by atoms with Gasteiger partial charge in [0, 0.05) is 0 Å². The van der Waals surface area contributed by atoms with Gasteiger partial charge in [-0.15, -0.1) is 0 Å². The molecule has 0 aliphatic rings. The molecule has 0 aromatic heterocycles. The van der Waals surface area contributed by atoms with E-state index in [1.807, 2.05) is 27.7 Å². The van der Waals surface area contributed by atoms with Gasteiger partial charge in [0.1, 0.15) is 6.79 Å². The topological polar surface area (TPSA) is 80.2 Å². The molecule has 2 atom stereocenters. The monoisotopic (exact) mass is 265 g/mol. The molecule has 6 nitrogen and oxygen atoms in total. The Labute approximate surface area is 109 Å². The van der Waals surface area contributed by atoms with Crippen LogP contribution >= 0.6 is 0 Å². The maximum Gasteiger partial charge on any atom is 0.169 e. The average molecular weight is 265 g/mol. The van der Waals surface area contributed by atoms with E-state index in [0.717, 1.165) is 6.42 Å². The van der Waals surface area contributed by atoms with E-state index in [1.165, 1.54) is 0 Å². The summed E-state index contributed by atoms with van der Waals surface area (Å²) < 4.78 is 15.8. The van der Waals surface area contributed by atoms with Crippen LogP contribution in [0.25, 0.3) is 0 Å². The molecule has 0 bridgehead atoms. The summed E-state index contributed by atoms with van der Waals surface area (Å²) in [5.41, 5.74) is 0. The van der Waals surface area contributed by atoms with Crippen LogP contribution in [0.15, 0.2) is 0 Å². The van der Waals surface area contributed by atoms with Crippen LogP contribution < -0.4 is 5.32 Å². The van der Waals surface area contributed by atoms with Gasteiger partial charge in [-0.1, -0.05) is 6.92 Å². The van der Waals surface area contributed by atoms with Crippen molar-refractivity contribution >= 4 is 0 Å². The van der Waals surface area contributed by atoms with Crippen LogP contribution in [0.2, 0.25) is 0 Å². The first-order chi connectivity index (χ1) is 8.47. The number of hydrogen-bond acceptors (Lipinski definition) is 6. The summed E-state index contributed by atoms with van der Waals surface area (Å²) in [7, 11) is 0. The molecule has 0 rings (SSSR count). The first kappa shape index (κ1) is 17.8. The highest BCUT2D eigenvalue weighted by Gasteiger charge is 2.16. The Morgan fingerprint density at radius 1 is 1.11 bits per heavy atom. The molecule has 0 saturated carbocycles. The SMILES string of the molecule is CCC(C)OCOCC(NCOC(C)C)C(O)O. The van der Waals surface area contributed by atoms with Gasteiger partial charge in [-0.2, -0.15) is 0 Å². The van der Waals surface area contributed by atoms with Gasteiger partial charge in [-0.05, 0) is 27.2 Å². The predicted octanol–water partition coefficient (Wildman–Crippen LogP) is 0.427. The first-order valence-electron chi connectivity index (χ1n) is 6.37. The molecule has 0 aromatic carbocycles. The van der Waals surface area contributed by atoms with E-state index in [4.69, 9.17) is 24.4 Å². The van der Waals surface area contributed by atoms with Crippen molar-refractivity contribution in [3.05, 3.63) is 0 Å². The molecule has 0 heterocycles. The van der Waals surface area contributed by atoms with Gasteiger partial charge in [0.25, 0.3) is 0 Å². The molecular weight excluding hydrogens is 238 g/mol. The smallest absolute Gasteiger partial charge is 0.169 e. The van der Waals surface area contributed by atoms with Crippen molar-refractivity contribution in [1.29, 1.82) is 0 Å². The molecule has 0 fully saturated rings. The Balaban J connectivity index is 3.70. The summed E-state index contributed by atoms with van der Waals surface area (Å²) in [5, 5.41) is 21.1. The van der Waals surface area contributed by atoms with Gasteiger partial charge in [-0.3, -0.25) is 5.32 Å². The lowest BCUT2D eigenvalue weighted by Gasteiger charge is -2.21. The van der Waals surface area contributed by atoms with E-state index in [2.05, 4.69) is 5.32 Å². The second-order valence-corrected chi connectivity index (χ2v) is 4.46. The van der Waals surface area contributed by atoms with Gasteiger partial charge in [0.05, 0.1) is 31.6 Å². The lowest BCUT2D eigenvalue weighted by atomic mass is 10.3. The summed E-state index contributed by atoms with van der Waals surface area (Å²) in [4.78, 5) is 0. The Kier molecular flexibility index (Phi) is 10.5. The predicted molar refractivity (Wildman–Crippen MR) is 67.9 cm³/mol. The maximum absolute atomic E-state index is 9.15. The van der Waals surface area contributed by atoms with Crippen LogP contribution in [0, 0.1) is 0 Å². The molecule has 0 radical (unpaired) electrons. The third-order valence-electron chi connectivity index (χ3n) is 2.43. The molecule has 0 aromatic rings. The van der Waals surface area contributed by atoms with Crippen LogP contribution in [-0.4, -0.2) is 54.9 Å². The van der Waals surface area contributed by atoms with Gasteiger partial charge < -0.3 is 24.4 Å². The van der Waals surface area contributed by atoms with E-state index in [9.17, 15) is 0 Å². The van der Waals surface area contributed by atoms with Crippen LogP contribution in [0.5, 0.6) is 0 Å². The zero-order valence-corrected chi connectivity index (χ0v) is 11.8. The van der Waals surface area contributed by atoms with E-state index >= 15 is 0 Å². The highest BCUT2D eigenvalue weighted by Crippen LogP contribution is 1.98. The molecule has 6 heteroatoms. The lowest BCUT2D eigenvalue weighted by Crippen LogP contribution is -2.44. The molecule has 3 N–H and O–H groups in total. The van der Waals surface area contributed by atoms with Gasteiger partial charge in [0.2, 0.25) is 0 Å². The normalized spacial score (nSPS) is 15.3. The fourth-order valence-electron chi connectivity index (χ4n) is 1.03. The molecule has 0 saturated heterocycles. The van der Waals surface area contributed by atoms with Crippen molar-refractivity contribution in [2.75, 3.05) is 20.1 Å². The van der Waals surface area contributed by atoms with Crippen molar-refractivity contribution in [2.45, 2.75) is 58.7 Å². The van der Waals surface area contributed by atoms with E-state index in [0.29, 0.717) is 0 Å². The highest BCUT2D eigenvalue weighted by molar-refractivity contribution is 4.65. The minimum Gasteiger partial charge on any atom is -0.367 e. The molecule has 110 valence electrons. The minimum absolute atomic E-state index is 0.0867. The third-order valence-corrected chi connectivity index (χ3v) is 2.43. The van der Waals surface area contributed by atoms with Gasteiger partial charge >= 0.3 is 0 Å². The van der Waals surface area contributed by atoms with Crippen LogP contribution in [0.3, 0.4) is 0 Å². The van der Waals surface area contributed by atoms with Gasteiger partial charge in [-0.25, -0.2) is 0 Å². The number of ether oxygens (including phenoxy) is 3. The van der Waals surface area contributed by atoms with Crippen LogP contribution in [-0.2, 0) is 14.2 Å². The quantitative estimate of drug-likeness (QED) is 0.371. The largest absolute Gasteiger partial charge is 0.367 e. The molecular formula is C12H27NO5. The Morgan fingerprint density at radius 2 is 1.78 bits per heavy atom. The fourth-order valence-corrected chi connectivity index (χ4v) is 1.03. The van der Waals surface area contributed by atoms with Crippen molar-refractivity contribution in [1.82, 2.24) is 5.32 Å². The first-order valence-corrected chi connectivity index (χ1v) is 6.37.